The zero-order valence-electron chi connectivity index (χ0n) is 11.0. The smallest absolute Gasteiger partial charge is 0.110 e. The fourth-order valence-electron chi connectivity index (χ4n) is 2.33. The van der Waals surface area contributed by atoms with E-state index in [0.29, 0.717) is 11.5 Å². The number of nitrogens with zero attached hydrogens (tertiary/aromatic N) is 1. The quantitative estimate of drug-likeness (QED) is 0.865. The molecule has 3 nitrogen and oxygen atoms in total. The highest BCUT2D eigenvalue weighted by Crippen LogP contribution is 2.26. The molecule has 0 saturated carbocycles. The minimum absolute atomic E-state index is 0.368. The van der Waals surface area contributed by atoms with Crippen molar-refractivity contribution in [3.05, 3.63) is 16.1 Å². The van der Waals surface area contributed by atoms with E-state index in [4.69, 9.17) is 0 Å². The number of aromatic nitrogens is 1. The molecule has 2 atom stereocenters. The van der Waals surface area contributed by atoms with Crippen molar-refractivity contribution in [3.8, 4) is 0 Å². The highest BCUT2D eigenvalue weighted by molar-refractivity contribution is 7.09. The van der Waals surface area contributed by atoms with E-state index >= 15 is 0 Å². The fraction of sp³-hybridized carbons (Fsp3) is 0.769. The zero-order chi connectivity index (χ0) is 12.3. The van der Waals surface area contributed by atoms with Crippen LogP contribution in [0, 0.1) is 12.3 Å². The number of thiazole rings is 1. The van der Waals surface area contributed by atoms with Gasteiger partial charge in [0.25, 0.3) is 0 Å². The van der Waals surface area contributed by atoms with Crippen LogP contribution in [0.15, 0.2) is 5.38 Å². The summed E-state index contributed by atoms with van der Waals surface area (Å²) in [5.41, 5.74) is 1.53. The topological polar surface area (TPSA) is 37.0 Å². The highest BCUT2D eigenvalue weighted by Gasteiger charge is 2.27. The van der Waals surface area contributed by atoms with Crippen LogP contribution in [0.25, 0.3) is 0 Å². The van der Waals surface area contributed by atoms with Crippen molar-refractivity contribution in [1.82, 2.24) is 15.6 Å². The second-order valence-corrected chi connectivity index (χ2v) is 6.41. The molecule has 1 aliphatic heterocycles. The molecule has 17 heavy (non-hydrogen) atoms. The number of nitrogens with one attached hydrogen (secondary N) is 2. The Morgan fingerprint density at radius 1 is 1.65 bits per heavy atom. The van der Waals surface area contributed by atoms with Crippen LogP contribution in [0.3, 0.4) is 0 Å². The van der Waals surface area contributed by atoms with E-state index < -0.39 is 0 Å². The summed E-state index contributed by atoms with van der Waals surface area (Å²) < 4.78 is 0. The molecule has 0 bridgehead atoms. The summed E-state index contributed by atoms with van der Waals surface area (Å²) >= 11 is 1.75. The molecule has 1 fully saturated rings. The first-order chi connectivity index (χ1) is 8.09. The Morgan fingerprint density at radius 3 is 3.06 bits per heavy atom. The molecule has 0 aliphatic carbocycles. The largest absolute Gasteiger partial charge is 0.316 e. The van der Waals surface area contributed by atoms with Gasteiger partial charge in [0.05, 0.1) is 6.04 Å². The Balaban J connectivity index is 1.85. The SMILES string of the molecule is Cc1csc(C(C)NCC2(C)CCCNC2)n1. The van der Waals surface area contributed by atoms with Crippen molar-refractivity contribution in [3.63, 3.8) is 0 Å². The van der Waals surface area contributed by atoms with Gasteiger partial charge in [-0.1, -0.05) is 6.92 Å². The normalized spacial score (nSPS) is 27.0. The first kappa shape index (κ1) is 13.0. The average molecular weight is 253 g/mol. The van der Waals surface area contributed by atoms with E-state index in [1.54, 1.807) is 11.3 Å². The zero-order valence-corrected chi connectivity index (χ0v) is 11.9. The van der Waals surface area contributed by atoms with Crippen molar-refractivity contribution >= 4 is 11.3 Å². The maximum atomic E-state index is 4.54. The van der Waals surface area contributed by atoms with Crippen LogP contribution in [0.4, 0.5) is 0 Å². The lowest BCUT2D eigenvalue weighted by molar-refractivity contribution is 0.220. The molecule has 1 saturated heterocycles. The summed E-state index contributed by atoms with van der Waals surface area (Å²) in [5.74, 6) is 0. The van der Waals surface area contributed by atoms with Gasteiger partial charge in [-0.15, -0.1) is 11.3 Å². The maximum Gasteiger partial charge on any atom is 0.110 e. The summed E-state index contributed by atoms with van der Waals surface area (Å²) in [6.07, 6.45) is 2.61. The predicted molar refractivity (Wildman–Crippen MR) is 73.5 cm³/mol. The van der Waals surface area contributed by atoms with Crippen LogP contribution in [0.2, 0.25) is 0 Å². The second kappa shape index (κ2) is 5.46. The number of rotatable bonds is 4. The summed E-state index contributed by atoms with van der Waals surface area (Å²) in [5, 5.41) is 10.4. The third-order valence-electron chi connectivity index (χ3n) is 3.53. The van der Waals surface area contributed by atoms with E-state index in [2.05, 4.69) is 41.8 Å². The van der Waals surface area contributed by atoms with Gasteiger partial charge in [-0.2, -0.15) is 0 Å². The molecule has 0 amide bonds. The second-order valence-electron chi connectivity index (χ2n) is 5.52. The molecule has 2 heterocycles. The Bertz CT molecular complexity index is 355. The van der Waals surface area contributed by atoms with E-state index in [1.807, 2.05) is 0 Å². The van der Waals surface area contributed by atoms with Gasteiger partial charge >= 0.3 is 0 Å². The molecule has 2 N–H and O–H groups in total. The third-order valence-corrected chi connectivity index (χ3v) is 4.67. The van der Waals surface area contributed by atoms with E-state index in [1.165, 1.54) is 24.4 Å². The van der Waals surface area contributed by atoms with Gasteiger partial charge in [0.2, 0.25) is 0 Å². The van der Waals surface area contributed by atoms with Crippen molar-refractivity contribution in [2.75, 3.05) is 19.6 Å². The molecule has 1 aliphatic rings. The van der Waals surface area contributed by atoms with E-state index in [-0.39, 0.29) is 0 Å². The van der Waals surface area contributed by atoms with Crippen LogP contribution in [-0.4, -0.2) is 24.6 Å². The lowest BCUT2D eigenvalue weighted by Crippen LogP contribution is -2.44. The van der Waals surface area contributed by atoms with Crippen molar-refractivity contribution < 1.29 is 0 Å². The van der Waals surface area contributed by atoms with E-state index in [0.717, 1.165) is 18.8 Å². The molecule has 0 aromatic carbocycles. The third kappa shape index (κ3) is 3.50. The summed E-state index contributed by atoms with van der Waals surface area (Å²) in [7, 11) is 0. The Morgan fingerprint density at radius 2 is 2.47 bits per heavy atom. The lowest BCUT2D eigenvalue weighted by atomic mass is 9.82. The number of aryl methyl sites for hydroxylation is 1. The Kier molecular flexibility index (Phi) is 4.17. The van der Waals surface area contributed by atoms with Gasteiger partial charge in [0, 0.05) is 24.2 Å². The van der Waals surface area contributed by atoms with Crippen molar-refractivity contribution in [2.45, 2.75) is 39.7 Å². The monoisotopic (exact) mass is 253 g/mol. The molecule has 4 heteroatoms. The average Bonchev–Trinajstić information content (AvgIpc) is 2.74. The minimum Gasteiger partial charge on any atom is -0.316 e. The van der Waals surface area contributed by atoms with Gasteiger partial charge in [-0.25, -0.2) is 4.98 Å². The first-order valence-corrected chi connectivity index (χ1v) is 7.33. The summed E-state index contributed by atoms with van der Waals surface area (Å²) in [6, 6.07) is 0.368. The first-order valence-electron chi connectivity index (χ1n) is 6.45. The van der Waals surface area contributed by atoms with Gasteiger partial charge in [-0.05, 0) is 38.6 Å². The molecular weight excluding hydrogens is 230 g/mol. The molecule has 0 spiro atoms. The van der Waals surface area contributed by atoms with Crippen molar-refractivity contribution in [2.24, 2.45) is 5.41 Å². The molecule has 2 unspecified atom stereocenters. The van der Waals surface area contributed by atoms with Gasteiger partial charge in [0.1, 0.15) is 5.01 Å². The maximum absolute atomic E-state index is 4.54. The number of piperidine rings is 1. The van der Waals surface area contributed by atoms with Crippen LogP contribution in [0.1, 0.15) is 43.4 Å². The van der Waals surface area contributed by atoms with E-state index in [9.17, 15) is 0 Å². The molecule has 1 aromatic heterocycles. The fourth-order valence-corrected chi connectivity index (χ4v) is 3.16. The van der Waals surface area contributed by atoms with Crippen LogP contribution < -0.4 is 10.6 Å². The molecule has 0 radical (unpaired) electrons. The number of hydrogen-bond donors (Lipinski definition) is 2. The highest BCUT2D eigenvalue weighted by atomic mass is 32.1. The van der Waals surface area contributed by atoms with Crippen LogP contribution >= 0.6 is 11.3 Å². The van der Waals surface area contributed by atoms with Gasteiger partial charge in [0.15, 0.2) is 0 Å². The van der Waals surface area contributed by atoms with Gasteiger partial charge < -0.3 is 10.6 Å². The van der Waals surface area contributed by atoms with Crippen LogP contribution in [0.5, 0.6) is 0 Å². The Hall–Kier alpha value is -0.450. The van der Waals surface area contributed by atoms with Gasteiger partial charge in [-0.3, -0.25) is 0 Å². The lowest BCUT2D eigenvalue weighted by Gasteiger charge is -2.35. The van der Waals surface area contributed by atoms with Crippen LogP contribution in [-0.2, 0) is 0 Å². The predicted octanol–water partition coefficient (Wildman–Crippen LogP) is 2.49. The molecular formula is C13H23N3S. The molecule has 2 rings (SSSR count). The molecule has 1 aromatic rings. The number of hydrogen-bond acceptors (Lipinski definition) is 4. The van der Waals surface area contributed by atoms with Crippen molar-refractivity contribution in [1.29, 1.82) is 0 Å². The summed E-state index contributed by atoms with van der Waals surface area (Å²) in [6.45, 7) is 10.0. The molecule has 96 valence electrons. The Labute approximate surface area is 108 Å². The minimum atomic E-state index is 0.368. The summed E-state index contributed by atoms with van der Waals surface area (Å²) in [4.78, 5) is 4.54. The standard InChI is InChI=1S/C13H23N3S/c1-10-7-17-12(16-10)11(2)15-9-13(3)5-4-6-14-8-13/h7,11,14-15H,4-6,8-9H2,1-3H3.